The molecule has 0 aromatic heterocycles. The molecule has 1 aromatic carbocycles. The summed E-state index contributed by atoms with van der Waals surface area (Å²) in [5.74, 6) is -0.314. The van der Waals surface area contributed by atoms with E-state index in [0.29, 0.717) is 4.91 Å². The van der Waals surface area contributed by atoms with Crippen molar-refractivity contribution in [3.8, 4) is 5.75 Å². The monoisotopic (exact) mass is 333 g/mol. The molecule has 0 spiro atoms. The summed E-state index contributed by atoms with van der Waals surface area (Å²) in [5, 5.41) is 21.1. The Bertz CT molecular complexity index is 652. The summed E-state index contributed by atoms with van der Waals surface area (Å²) >= 11 is 1.37. The van der Waals surface area contributed by atoms with E-state index in [0.717, 1.165) is 43.5 Å². The molecule has 3 rings (SSSR count). The molecule has 7 heteroatoms. The second kappa shape index (κ2) is 7.16. The van der Waals surface area contributed by atoms with Crippen molar-refractivity contribution >= 4 is 28.9 Å². The Kier molecular flexibility index (Phi) is 5.00. The lowest BCUT2D eigenvalue weighted by Crippen LogP contribution is -3.15. The van der Waals surface area contributed by atoms with Crippen LogP contribution in [0.15, 0.2) is 34.2 Å². The molecule has 1 saturated heterocycles. The average Bonchev–Trinajstić information content (AvgIpc) is 2.89. The molecule has 2 aliphatic heterocycles. The minimum Gasteiger partial charge on any atom is -0.872 e. The van der Waals surface area contributed by atoms with Crippen LogP contribution in [0.5, 0.6) is 5.75 Å². The van der Waals surface area contributed by atoms with E-state index in [2.05, 4.69) is 9.89 Å². The van der Waals surface area contributed by atoms with Crippen molar-refractivity contribution in [2.75, 3.05) is 39.3 Å². The minimum atomic E-state index is -0.244. The first-order chi connectivity index (χ1) is 11.2. The molecule has 2 aliphatic rings. The molecule has 6 nitrogen and oxygen atoms in total. The van der Waals surface area contributed by atoms with E-state index in [9.17, 15) is 9.90 Å². The van der Waals surface area contributed by atoms with Gasteiger partial charge in [-0.05, 0) is 23.4 Å². The fourth-order valence-corrected chi connectivity index (χ4v) is 3.68. The molecule has 0 bridgehead atoms. The van der Waals surface area contributed by atoms with Crippen molar-refractivity contribution in [3.63, 3.8) is 0 Å². The van der Waals surface area contributed by atoms with Crippen LogP contribution < -0.4 is 10.0 Å². The molecule has 1 fully saturated rings. The number of nitrogens with one attached hydrogen (secondary N) is 1. The van der Waals surface area contributed by atoms with Gasteiger partial charge >= 0.3 is 0 Å². The Labute approximate surface area is 139 Å². The fraction of sp³-hybridized carbons (Fsp3) is 0.375. The highest BCUT2D eigenvalue weighted by molar-refractivity contribution is 8.18. The number of nitrogens with zero attached hydrogens (tertiary/aromatic N) is 2. The molecule has 0 saturated carbocycles. The van der Waals surface area contributed by atoms with E-state index in [1.165, 1.54) is 28.8 Å². The number of amides is 1. The fourth-order valence-electron chi connectivity index (χ4n) is 2.71. The first kappa shape index (κ1) is 16.0. The predicted molar refractivity (Wildman–Crippen MR) is 88.1 cm³/mol. The molecule has 1 aromatic rings. The molecule has 2 N–H and O–H groups in total. The number of benzene rings is 1. The zero-order chi connectivity index (χ0) is 16.2. The lowest BCUT2D eigenvalue weighted by atomic mass is 10.2. The second-order valence-electron chi connectivity index (χ2n) is 5.59. The van der Waals surface area contributed by atoms with Gasteiger partial charge in [0.2, 0.25) is 0 Å². The molecule has 23 heavy (non-hydrogen) atoms. The Hall–Kier alpha value is -1.83. The van der Waals surface area contributed by atoms with E-state index in [1.807, 2.05) is 0 Å². The Morgan fingerprint density at radius 3 is 2.87 bits per heavy atom. The molecule has 0 atom stereocenters. The van der Waals surface area contributed by atoms with E-state index in [1.54, 1.807) is 18.2 Å². The van der Waals surface area contributed by atoms with Gasteiger partial charge in [-0.2, -0.15) is 4.99 Å². The van der Waals surface area contributed by atoms with E-state index in [4.69, 9.17) is 5.11 Å². The van der Waals surface area contributed by atoms with Gasteiger partial charge in [0.1, 0.15) is 6.54 Å². The molecule has 1 amide bonds. The summed E-state index contributed by atoms with van der Waals surface area (Å²) in [6, 6.07) is 6.48. The summed E-state index contributed by atoms with van der Waals surface area (Å²) in [6.07, 6.45) is 1.72. The van der Waals surface area contributed by atoms with Gasteiger partial charge in [-0.15, -0.1) is 5.75 Å². The number of aliphatic hydroxyl groups excluding tert-OH is 1. The largest absolute Gasteiger partial charge is 0.872 e. The Morgan fingerprint density at radius 1 is 1.39 bits per heavy atom. The SMILES string of the molecule is O=C1N=C(N2CC[NH+](CCO)CC2)SC1=Cc1cccc([O-])c1. The van der Waals surface area contributed by atoms with Crippen LogP contribution in [0.4, 0.5) is 0 Å². The van der Waals surface area contributed by atoms with Gasteiger partial charge in [-0.3, -0.25) is 4.79 Å². The Morgan fingerprint density at radius 2 is 2.17 bits per heavy atom. The summed E-state index contributed by atoms with van der Waals surface area (Å²) < 4.78 is 0. The number of rotatable bonds is 3. The second-order valence-corrected chi connectivity index (χ2v) is 6.60. The van der Waals surface area contributed by atoms with Gasteiger partial charge in [0, 0.05) is 0 Å². The summed E-state index contributed by atoms with van der Waals surface area (Å²) in [7, 11) is 0. The number of thioether (sulfide) groups is 1. The van der Waals surface area contributed by atoms with Crippen molar-refractivity contribution in [1.29, 1.82) is 0 Å². The molecule has 0 radical (unpaired) electrons. The molecule has 2 heterocycles. The average molecular weight is 333 g/mol. The highest BCUT2D eigenvalue weighted by Crippen LogP contribution is 2.30. The normalized spacial score (nSPS) is 21.1. The van der Waals surface area contributed by atoms with Crippen molar-refractivity contribution in [2.24, 2.45) is 4.99 Å². The maximum atomic E-state index is 12.1. The van der Waals surface area contributed by atoms with E-state index < -0.39 is 0 Å². The van der Waals surface area contributed by atoms with Crippen molar-refractivity contribution in [2.45, 2.75) is 0 Å². The van der Waals surface area contributed by atoms with Crippen molar-refractivity contribution < 1.29 is 19.9 Å². The third-order valence-corrected chi connectivity index (χ3v) is 5.02. The smallest absolute Gasteiger partial charge is 0.286 e. The highest BCUT2D eigenvalue weighted by Gasteiger charge is 2.29. The van der Waals surface area contributed by atoms with Gasteiger partial charge in [-0.1, -0.05) is 24.3 Å². The molecule has 0 unspecified atom stereocenters. The van der Waals surface area contributed by atoms with Gasteiger partial charge < -0.3 is 20.0 Å². The van der Waals surface area contributed by atoms with Gasteiger partial charge in [0.15, 0.2) is 5.17 Å². The van der Waals surface area contributed by atoms with Crippen LogP contribution in [0.25, 0.3) is 6.08 Å². The number of hydrogen-bond donors (Lipinski definition) is 2. The summed E-state index contributed by atoms with van der Waals surface area (Å²) in [6.45, 7) is 4.50. The third kappa shape index (κ3) is 3.93. The number of carbonyl (C=O) groups excluding carboxylic acids is 1. The minimum absolute atomic E-state index is 0.0704. The number of quaternary nitrogens is 1. The number of carbonyl (C=O) groups is 1. The van der Waals surface area contributed by atoms with Crippen LogP contribution in [-0.2, 0) is 4.79 Å². The number of aliphatic hydroxyl groups is 1. The van der Waals surface area contributed by atoms with Gasteiger partial charge in [0.05, 0.1) is 37.7 Å². The van der Waals surface area contributed by atoms with Crippen LogP contribution >= 0.6 is 11.8 Å². The maximum absolute atomic E-state index is 12.1. The summed E-state index contributed by atoms with van der Waals surface area (Å²) in [4.78, 5) is 20.3. The molecular formula is C16H19N3O3S. The lowest BCUT2D eigenvalue weighted by Gasteiger charge is -2.32. The maximum Gasteiger partial charge on any atom is 0.286 e. The number of amidine groups is 1. The lowest BCUT2D eigenvalue weighted by molar-refractivity contribution is -0.904. The van der Waals surface area contributed by atoms with Crippen LogP contribution in [0.1, 0.15) is 5.56 Å². The van der Waals surface area contributed by atoms with Crippen LogP contribution in [0, 0.1) is 0 Å². The molecular weight excluding hydrogens is 314 g/mol. The van der Waals surface area contributed by atoms with Crippen molar-refractivity contribution in [1.82, 2.24) is 4.90 Å². The topological polar surface area (TPSA) is 80.4 Å². The van der Waals surface area contributed by atoms with Crippen LogP contribution in [-0.4, -0.2) is 60.4 Å². The molecule has 0 aliphatic carbocycles. The highest BCUT2D eigenvalue weighted by atomic mass is 32.2. The zero-order valence-electron chi connectivity index (χ0n) is 12.7. The number of hydrogen-bond acceptors (Lipinski definition) is 5. The number of piperazine rings is 1. The summed E-state index contributed by atoms with van der Waals surface area (Å²) in [5.41, 5.74) is 0.724. The van der Waals surface area contributed by atoms with Crippen LogP contribution in [0.2, 0.25) is 0 Å². The van der Waals surface area contributed by atoms with Gasteiger partial charge in [-0.25, -0.2) is 0 Å². The zero-order valence-corrected chi connectivity index (χ0v) is 13.5. The third-order valence-electron chi connectivity index (χ3n) is 3.97. The predicted octanol–water partition coefficient (Wildman–Crippen LogP) is -1.08. The van der Waals surface area contributed by atoms with Crippen molar-refractivity contribution in [3.05, 3.63) is 34.7 Å². The quantitative estimate of drug-likeness (QED) is 0.688. The first-order valence-electron chi connectivity index (χ1n) is 7.65. The molecule has 122 valence electrons. The first-order valence-corrected chi connectivity index (χ1v) is 8.46. The van der Waals surface area contributed by atoms with E-state index in [-0.39, 0.29) is 18.3 Å². The standard InChI is InChI=1S/C16H19N3O3S/c20-9-8-18-4-6-19(7-5-18)16-17-15(22)14(23-16)11-12-2-1-3-13(21)10-12/h1-3,10-11,20-21H,4-9H2. The van der Waals surface area contributed by atoms with Crippen LogP contribution in [0.3, 0.4) is 0 Å². The van der Waals surface area contributed by atoms with Gasteiger partial charge in [0.25, 0.3) is 5.91 Å². The Balaban J connectivity index is 1.64. The number of aliphatic imine (C=N–C) groups is 1. The van der Waals surface area contributed by atoms with E-state index >= 15 is 0 Å².